The Morgan fingerprint density at radius 2 is 0.976 bits per heavy atom. The lowest BCUT2D eigenvalue weighted by atomic mass is 9.57. The van der Waals surface area contributed by atoms with Crippen LogP contribution < -0.4 is 0 Å². The van der Waals surface area contributed by atoms with Gasteiger partial charge >= 0.3 is 0 Å². The van der Waals surface area contributed by atoms with Gasteiger partial charge in [-0.1, -0.05) is 27.7 Å². The first-order valence-corrected chi connectivity index (χ1v) is 17.0. The predicted octanol–water partition coefficient (Wildman–Crippen LogP) is 6.66. The summed E-state index contributed by atoms with van der Waals surface area (Å²) in [6.07, 6.45) is 11.2. The zero-order valence-corrected chi connectivity index (χ0v) is 26.0. The van der Waals surface area contributed by atoms with Gasteiger partial charge in [-0.25, -0.2) is 19.6 Å². The molecule has 2 aliphatic carbocycles. The van der Waals surface area contributed by atoms with Crippen LogP contribution in [0, 0.1) is 47.3 Å². The van der Waals surface area contributed by atoms with E-state index in [9.17, 15) is 0 Å². The second kappa shape index (κ2) is 9.59. The molecule has 10 aliphatic rings. The molecule has 2 saturated carbocycles. The summed E-state index contributed by atoms with van der Waals surface area (Å²) in [6.45, 7) is 13.5. The molecule has 0 amide bonds. The van der Waals surface area contributed by atoms with Crippen LogP contribution in [0.25, 0.3) is 0 Å². The van der Waals surface area contributed by atoms with E-state index in [1.165, 1.54) is 12.8 Å². The SMILES string of the molecule is C[C@@H]1CC[C@H]2[C@@H](C)C(CCCC3O[C@@H]4O[C@]5(C)CC[C@H]6[C@H](C)CC[C@@H]([C@H]3C)[C@@]46OO5)O[C@@H]3O[C@@]4(C)CC[C@@H]1[C@]32OO4. The van der Waals surface area contributed by atoms with E-state index in [4.69, 9.17) is 38.5 Å². The predicted molar refractivity (Wildman–Crippen MR) is 148 cm³/mol. The van der Waals surface area contributed by atoms with Gasteiger partial charge in [0, 0.05) is 24.7 Å². The van der Waals surface area contributed by atoms with E-state index in [1.807, 2.05) is 13.8 Å². The molecule has 10 fully saturated rings. The van der Waals surface area contributed by atoms with Crippen LogP contribution in [0.5, 0.6) is 0 Å². The quantitative estimate of drug-likeness (QED) is 0.344. The average Bonchev–Trinajstić information content (AvgIpc) is 3.31. The Labute approximate surface area is 245 Å². The van der Waals surface area contributed by atoms with Crippen LogP contribution >= 0.6 is 0 Å². The van der Waals surface area contributed by atoms with Crippen molar-refractivity contribution in [1.82, 2.24) is 0 Å². The number of hydrogen-bond acceptors (Lipinski definition) is 8. The van der Waals surface area contributed by atoms with Gasteiger partial charge < -0.3 is 18.9 Å². The van der Waals surface area contributed by atoms with Crippen molar-refractivity contribution in [3.8, 4) is 0 Å². The molecule has 2 spiro atoms. The normalized spacial score (nSPS) is 61.0. The maximum atomic E-state index is 6.88. The monoisotopic (exact) mass is 576 g/mol. The molecule has 4 bridgehead atoms. The standard InChI is InChI=1S/C33H52O8/c1-18-10-12-24-20(3)26(34-28-32(24)22(18)14-16-30(5,36-28)38-40-32)8-7-9-27-21(4)25-13-11-19(2)23-15-17-31(6)37-29(35-27)33(23,25)41-39-31/h18-29H,7-17H2,1-6H3/t18-,19-,20-,21-,22+,23+,24+,25+,26?,27?,28-,29-,30-,31+,32-,33-/m1/s1. The Balaban J connectivity index is 0.980. The molecular formula is C33H52O8. The van der Waals surface area contributed by atoms with Gasteiger partial charge in [0.05, 0.1) is 12.2 Å². The lowest BCUT2D eigenvalue weighted by Gasteiger charge is -2.61. The van der Waals surface area contributed by atoms with Crippen LogP contribution in [0.2, 0.25) is 0 Å². The zero-order valence-electron chi connectivity index (χ0n) is 26.0. The molecule has 0 aromatic heterocycles. The van der Waals surface area contributed by atoms with Gasteiger partial charge in [-0.05, 0) is 107 Å². The molecule has 0 radical (unpaired) electrons. The van der Waals surface area contributed by atoms with Crippen molar-refractivity contribution in [2.45, 2.75) is 160 Å². The van der Waals surface area contributed by atoms with E-state index >= 15 is 0 Å². The second-order valence-corrected chi connectivity index (χ2v) is 15.8. The Morgan fingerprint density at radius 3 is 1.41 bits per heavy atom. The Morgan fingerprint density at radius 1 is 0.537 bits per heavy atom. The van der Waals surface area contributed by atoms with Crippen molar-refractivity contribution in [2.75, 3.05) is 0 Å². The minimum atomic E-state index is -0.722. The highest BCUT2D eigenvalue weighted by Crippen LogP contribution is 2.62. The molecular weight excluding hydrogens is 524 g/mol. The molecule has 8 aliphatic heterocycles. The zero-order chi connectivity index (χ0) is 28.4. The number of rotatable bonds is 4. The molecule has 8 heteroatoms. The van der Waals surface area contributed by atoms with Crippen LogP contribution in [0.15, 0.2) is 0 Å². The van der Waals surface area contributed by atoms with Crippen LogP contribution in [-0.4, -0.2) is 47.6 Å². The van der Waals surface area contributed by atoms with Crippen molar-refractivity contribution in [1.29, 1.82) is 0 Å². The maximum absolute atomic E-state index is 6.88. The second-order valence-electron chi connectivity index (χ2n) is 15.8. The maximum Gasteiger partial charge on any atom is 0.201 e. The molecule has 8 heterocycles. The summed E-state index contributed by atoms with van der Waals surface area (Å²) in [5, 5.41) is 0. The minimum Gasteiger partial charge on any atom is -0.346 e. The molecule has 0 N–H and O–H groups in total. The minimum absolute atomic E-state index is 0.141. The lowest BCUT2D eigenvalue weighted by molar-refractivity contribution is -0.571. The van der Waals surface area contributed by atoms with Crippen molar-refractivity contribution >= 4 is 0 Å². The van der Waals surface area contributed by atoms with Crippen molar-refractivity contribution in [3.05, 3.63) is 0 Å². The summed E-state index contributed by atoms with van der Waals surface area (Å²) < 4.78 is 26.9. The van der Waals surface area contributed by atoms with E-state index in [-0.39, 0.29) is 24.8 Å². The highest BCUT2D eigenvalue weighted by atomic mass is 17.3. The Kier molecular flexibility index (Phi) is 6.59. The van der Waals surface area contributed by atoms with E-state index in [2.05, 4.69) is 27.7 Å². The highest BCUT2D eigenvalue weighted by Gasteiger charge is 2.70. The van der Waals surface area contributed by atoms with Gasteiger partial charge in [0.15, 0.2) is 23.8 Å². The van der Waals surface area contributed by atoms with E-state index in [1.54, 1.807) is 0 Å². The third-order valence-electron chi connectivity index (χ3n) is 13.6. The molecule has 41 heavy (non-hydrogen) atoms. The van der Waals surface area contributed by atoms with Gasteiger partial charge in [-0.15, -0.1) is 0 Å². The molecule has 8 nitrogen and oxygen atoms in total. The van der Waals surface area contributed by atoms with E-state index < -0.39 is 22.8 Å². The van der Waals surface area contributed by atoms with Crippen molar-refractivity contribution in [3.63, 3.8) is 0 Å². The van der Waals surface area contributed by atoms with Gasteiger partial charge in [0.25, 0.3) is 0 Å². The first-order chi connectivity index (χ1) is 19.6. The van der Waals surface area contributed by atoms with E-state index in [0.717, 1.165) is 57.8 Å². The summed E-state index contributed by atoms with van der Waals surface area (Å²) >= 11 is 0. The summed E-state index contributed by atoms with van der Waals surface area (Å²) in [5.41, 5.74) is -0.968. The summed E-state index contributed by atoms with van der Waals surface area (Å²) in [7, 11) is 0. The first kappa shape index (κ1) is 28.2. The summed E-state index contributed by atoms with van der Waals surface area (Å²) in [5.74, 6) is 2.08. The molecule has 232 valence electrons. The average molecular weight is 577 g/mol. The third kappa shape index (κ3) is 3.93. The van der Waals surface area contributed by atoms with Crippen LogP contribution in [0.3, 0.4) is 0 Å². The molecule has 10 rings (SSSR count). The largest absolute Gasteiger partial charge is 0.346 e. The van der Waals surface area contributed by atoms with Crippen LogP contribution in [-0.2, 0) is 38.5 Å². The topological polar surface area (TPSA) is 73.8 Å². The number of fused-ring (bicyclic) bond motifs is 4. The van der Waals surface area contributed by atoms with E-state index in [0.29, 0.717) is 47.3 Å². The smallest absolute Gasteiger partial charge is 0.201 e. The molecule has 16 atom stereocenters. The molecule has 8 saturated heterocycles. The number of hydrogen-bond donors (Lipinski definition) is 0. The molecule has 2 unspecified atom stereocenters. The fourth-order valence-electron chi connectivity index (χ4n) is 11.1. The summed E-state index contributed by atoms with van der Waals surface area (Å²) in [4.78, 5) is 24.7. The summed E-state index contributed by atoms with van der Waals surface area (Å²) in [6, 6.07) is 0. The number of ether oxygens (including phenoxy) is 4. The van der Waals surface area contributed by atoms with Gasteiger partial charge in [0.1, 0.15) is 0 Å². The molecule has 0 aromatic carbocycles. The fourth-order valence-corrected chi connectivity index (χ4v) is 11.1. The van der Waals surface area contributed by atoms with Gasteiger partial charge in [-0.3, -0.25) is 0 Å². The highest BCUT2D eigenvalue weighted by molar-refractivity contribution is 5.11. The third-order valence-corrected chi connectivity index (χ3v) is 13.6. The van der Waals surface area contributed by atoms with Crippen LogP contribution in [0.1, 0.15) is 112 Å². The van der Waals surface area contributed by atoms with Crippen molar-refractivity contribution < 1.29 is 38.5 Å². The molecule has 0 aromatic rings. The van der Waals surface area contributed by atoms with Gasteiger partial charge in [-0.2, -0.15) is 0 Å². The lowest BCUT2D eigenvalue weighted by Crippen LogP contribution is -2.70. The van der Waals surface area contributed by atoms with Gasteiger partial charge in [0.2, 0.25) is 11.6 Å². The first-order valence-electron chi connectivity index (χ1n) is 17.0. The Bertz CT molecular complexity index is 947. The van der Waals surface area contributed by atoms with Crippen molar-refractivity contribution in [2.24, 2.45) is 47.3 Å². The van der Waals surface area contributed by atoms with Crippen LogP contribution in [0.4, 0.5) is 0 Å². The fraction of sp³-hybridized carbons (Fsp3) is 1.00. The Hall–Kier alpha value is -0.320.